The highest BCUT2D eigenvalue weighted by atomic mass is 79.9. The Morgan fingerprint density at radius 3 is 2.75 bits per heavy atom. The van der Waals surface area contributed by atoms with Crippen LogP contribution >= 0.6 is 38.9 Å². The number of halogens is 2. The molecule has 0 amide bonds. The normalized spacial score (nSPS) is 10.4. The zero-order valence-electron chi connectivity index (χ0n) is 8.54. The van der Waals surface area contributed by atoms with Crippen molar-refractivity contribution in [3.63, 3.8) is 0 Å². The molecule has 0 aliphatic heterocycles. The lowest BCUT2D eigenvalue weighted by Crippen LogP contribution is -2.00. The van der Waals surface area contributed by atoms with Crippen LogP contribution in [-0.4, -0.2) is 0 Å². The van der Waals surface area contributed by atoms with Crippen LogP contribution in [-0.2, 0) is 12.4 Å². The average molecular weight is 317 g/mol. The van der Waals surface area contributed by atoms with Gasteiger partial charge in [-0.3, -0.25) is 0 Å². The molecule has 1 N–H and O–H groups in total. The van der Waals surface area contributed by atoms with Gasteiger partial charge in [-0.2, -0.15) is 0 Å². The van der Waals surface area contributed by atoms with E-state index < -0.39 is 0 Å². The van der Waals surface area contributed by atoms with Gasteiger partial charge in [0.1, 0.15) is 0 Å². The Kier molecular flexibility index (Phi) is 4.27. The lowest BCUT2D eigenvalue weighted by Gasteiger charge is -2.09. The minimum absolute atomic E-state index is 0.536. The molecular formula is C12H11BrClNS. The van der Waals surface area contributed by atoms with Crippen molar-refractivity contribution in [2.75, 3.05) is 5.32 Å². The van der Waals surface area contributed by atoms with E-state index >= 15 is 0 Å². The van der Waals surface area contributed by atoms with Gasteiger partial charge in [0.25, 0.3) is 0 Å². The van der Waals surface area contributed by atoms with Gasteiger partial charge in [0, 0.05) is 20.9 Å². The minimum Gasteiger partial charge on any atom is -0.380 e. The molecule has 84 valence electrons. The molecule has 0 atom stereocenters. The van der Waals surface area contributed by atoms with E-state index in [-0.39, 0.29) is 0 Å². The van der Waals surface area contributed by atoms with E-state index in [1.54, 1.807) is 11.3 Å². The lowest BCUT2D eigenvalue weighted by molar-refractivity contribution is 1.17. The lowest BCUT2D eigenvalue weighted by atomic mass is 10.2. The van der Waals surface area contributed by atoms with Gasteiger partial charge in [0.2, 0.25) is 0 Å². The number of rotatable bonds is 4. The largest absolute Gasteiger partial charge is 0.380 e. The maximum absolute atomic E-state index is 5.88. The molecule has 0 bridgehead atoms. The second-order valence-electron chi connectivity index (χ2n) is 3.34. The Balaban J connectivity index is 2.07. The monoisotopic (exact) mass is 315 g/mol. The van der Waals surface area contributed by atoms with Crippen LogP contribution in [0.5, 0.6) is 0 Å². The number of hydrogen-bond acceptors (Lipinski definition) is 2. The summed E-state index contributed by atoms with van der Waals surface area (Å²) >= 11 is 11.1. The summed E-state index contributed by atoms with van der Waals surface area (Å²) in [7, 11) is 0. The Labute approximate surface area is 113 Å². The second-order valence-corrected chi connectivity index (χ2v) is 5.46. The maximum Gasteiger partial charge on any atom is 0.0505 e. The smallest absolute Gasteiger partial charge is 0.0505 e. The molecule has 1 heterocycles. The molecular weight excluding hydrogens is 306 g/mol. The first kappa shape index (κ1) is 12.0. The number of hydrogen-bond donors (Lipinski definition) is 1. The van der Waals surface area contributed by atoms with Crippen molar-refractivity contribution in [2.45, 2.75) is 12.4 Å². The van der Waals surface area contributed by atoms with Crippen LogP contribution in [0.1, 0.15) is 10.4 Å². The second kappa shape index (κ2) is 5.71. The predicted octanol–water partition coefficient (Wildman–Crippen LogP) is 4.86. The molecule has 0 radical (unpaired) electrons. The third-order valence-electron chi connectivity index (χ3n) is 2.29. The fourth-order valence-electron chi connectivity index (χ4n) is 1.44. The summed E-state index contributed by atoms with van der Waals surface area (Å²) in [4.78, 5) is 1.30. The summed E-state index contributed by atoms with van der Waals surface area (Å²) in [6, 6.07) is 10.2. The number of nitrogens with one attached hydrogen (secondary N) is 1. The SMILES string of the molecule is ClCc1ccccc1NCc1sccc1Br. The molecule has 0 unspecified atom stereocenters. The average Bonchev–Trinajstić information content (AvgIpc) is 2.72. The van der Waals surface area contributed by atoms with Crippen LogP contribution in [0.25, 0.3) is 0 Å². The molecule has 0 aliphatic carbocycles. The van der Waals surface area contributed by atoms with E-state index in [0.29, 0.717) is 5.88 Å². The summed E-state index contributed by atoms with van der Waals surface area (Å²) in [6.07, 6.45) is 0. The maximum atomic E-state index is 5.88. The van der Waals surface area contributed by atoms with Crippen LogP contribution in [0.2, 0.25) is 0 Å². The Morgan fingerprint density at radius 1 is 1.25 bits per heavy atom. The fraction of sp³-hybridized carbons (Fsp3) is 0.167. The van der Waals surface area contributed by atoms with Crippen molar-refractivity contribution in [1.82, 2.24) is 0 Å². The number of alkyl halides is 1. The van der Waals surface area contributed by atoms with Crippen LogP contribution < -0.4 is 5.32 Å². The molecule has 1 aromatic heterocycles. The highest BCUT2D eigenvalue weighted by molar-refractivity contribution is 9.10. The predicted molar refractivity (Wildman–Crippen MR) is 75.3 cm³/mol. The number of benzene rings is 1. The van der Waals surface area contributed by atoms with E-state index in [4.69, 9.17) is 11.6 Å². The first-order valence-corrected chi connectivity index (χ1v) is 7.11. The number of para-hydroxylation sites is 1. The molecule has 2 aromatic rings. The van der Waals surface area contributed by atoms with Crippen LogP contribution in [0.4, 0.5) is 5.69 Å². The van der Waals surface area contributed by atoms with Crippen molar-refractivity contribution >= 4 is 44.6 Å². The third kappa shape index (κ3) is 2.78. The van der Waals surface area contributed by atoms with Gasteiger partial charge in [-0.15, -0.1) is 22.9 Å². The number of thiophene rings is 1. The minimum atomic E-state index is 0.536. The molecule has 0 saturated heterocycles. The van der Waals surface area contributed by atoms with Crippen molar-refractivity contribution in [3.05, 3.63) is 50.6 Å². The quantitative estimate of drug-likeness (QED) is 0.794. The van der Waals surface area contributed by atoms with Gasteiger partial charge in [-0.25, -0.2) is 0 Å². The summed E-state index contributed by atoms with van der Waals surface area (Å²) in [5.41, 5.74) is 2.25. The van der Waals surface area contributed by atoms with Crippen molar-refractivity contribution in [1.29, 1.82) is 0 Å². The van der Waals surface area contributed by atoms with E-state index in [2.05, 4.69) is 38.8 Å². The summed E-state index contributed by atoms with van der Waals surface area (Å²) in [5.74, 6) is 0.536. The highest BCUT2D eigenvalue weighted by Gasteiger charge is 2.03. The first-order valence-electron chi connectivity index (χ1n) is 4.91. The van der Waals surface area contributed by atoms with Crippen molar-refractivity contribution in [3.8, 4) is 0 Å². The van der Waals surface area contributed by atoms with E-state index in [0.717, 1.165) is 22.3 Å². The zero-order chi connectivity index (χ0) is 11.4. The first-order chi connectivity index (χ1) is 7.81. The van der Waals surface area contributed by atoms with E-state index in [1.807, 2.05) is 18.2 Å². The number of anilines is 1. The molecule has 1 aromatic carbocycles. The molecule has 1 nitrogen and oxygen atoms in total. The van der Waals surface area contributed by atoms with Gasteiger partial charge in [-0.05, 0) is 39.0 Å². The molecule has 0 spiro atoms. The van der Waals surface area contributed by atoms with E-state index in [9.17, 15) is 0 Å². The third-order valence-corrected chi connectivity index (χ3v) is 4.51. The van der Waals surface area contributed by atoms with Gasteiger partial charge in [-0.1, -0.05) is 18.2 Å². The Bertz CT molecular complexity index is 470. The Hall–Kier alpha value is -0.510. The molecule has 0 aliphatic rings. The van der Waals surface area contributed by atoms with Gasteiger partial charge in [0.05, 0.1) is 6.54 Å². The fourth-order valence-corrected chi connectivity index (χ4v) is 3.10. The summed E-state index contributed by atoms with van der Waals surface area (Å²) in [6.45, 7) is 0.826. The standard InChI is InChI=1S/C12H11BrClNS/c13-10-5-6-16-12(10)8-15-11-4-2-1-3-9(11)7-14/h1-6,15H,7-8H2. The molecule has 0 saturated carbocycles. The molecule has 0 fully saturated rings. The van der Waals surface area contributed by atoms with Gasteiger partial charge >= 0.3 is 0 Å². The van der Waals surface area contributed by atoms with Crippen LogP contribution in [0.3, 0.4) is 0 Å². The highest BCUT2D eigenvalue weighted by Crippen LogP contribution is 2.24. The zero-order valence-corrected chi connectivity index (χ0v) is 11.7. The van der Waals surface area contributed by atoms with Gasteiger partial charge < -0.3 is 5.32 Å². The van der Waals surface area contributed by atoms with Crippen molar-refractivity contribution in [2.24, 2.45) is 0 Å². The summed E-state index contributed by atoms with van der Waals surface area (Å²) < 4.78 is 1.16. The van der Waals surface area contributed by atoms with Crippen LogP contribution in [0, 0.1) is 0 Å². The summed E-state index contributed by atoms with van der Waals surface area (Å²) in [5, 5.41) is 5.48. The van der Waals surface area contributed by atoms with Crippen LogP contribution in [0.15, 0.2) is 40.2 Å². The Morgan fingerprint density at radius 2 is 2.06 bits per heavy atom. The van der Waals surface area contributed by atoms with Gasteiger partial charge in [0.15, 0.2) is 0 Å². The molecule has 16 heavy (non-hydrogen) atoms. The molecule has 2 rings (SSSR count). The van der Waals surface area contributed by atoms with Crippen molar-refractivity contribution < 1.29 is 0 Å². The van der Waals surface area contributed by atoms with E-state index in [1.165, 1.54) is 4.88 Å². The topological polar surface area (TPSA) is 12.0 Å². The molecule has 4 heteroatoms.